The van der Waals surface area contributed by atoms with Crippen molar-refractivity contribution in [1.82, 2.24) is 5.43 Å². The van der Waals surface area contributed by atoms with Crippen molar-refractivity contribution in [3.05, 3.63) is 63.4 Å². The number of rotatable bonds is 5. The smallest absolute Gasteiger partial charge is 0.277 e. The predicted molar refractivity (Wildman–Crippen MR) is 91.2 cm³/mol. The third-order valence-electron chi connectivity index (χ3n) is 3.26. The minimum absolute atomic E-state index is 0.130. The SMILES string of the molecule is Cc1cccc(OCC(=O)N/N=C/c2ccc(F)c(Br)c2)c1C. The van der Waals surface area contributed by atoms with E-state index in [0.29, 0.717) is 15.8 Å². The van der Waals surface area contributed by atoms with Crippen LogP contribution in [0.1, 0.15) is 16.7 Å². The van der Waals surface area contributed by atoms with E-state index < -0.39 is 0 Å². The van der Waals surface area contributed by atoms with E-state index in [2.05, 4.69) is 26.5 Å². The molecular weight excluding hydrogens is 363 g/mol. The van der Waals surface area contributed by atoms with Gasteiger partial charge in [-0.05, 0) is 64.7 Å². The first-order valence-electron chi connectivity index (χ1n) is 6.93. The van der Waals surface area contributed by atoms with Crippen molar-refractivity contribution in [3.63, 3.8) is 0 Å². The quantitative estimate of drug-likeness (QED) is 0.636. The van der Waals surface area contributed by atoms with Crippen molar-refractivity contribution in [2.45, 2.75) is 13.8 Å². The van der Waals surface area contributed by atoms with Crippen molar-refractivity contribution < 1.29 is 13.9 Å². The molecule has 0 radical (unpaired) electrons. The van der Waals surface area contributed by atoms with Gasteiger partial charge in [0.1, 0.15) is 11.6 Å². The van der Waals surface area contributed by atoms with E-state index in [9.17, 15) is 9.18 Å². The molecule has 0 aliphatic rings. The molecule has 0 heterocycles. The number of carbonyl (C=O) groups excluding carboxylic acids is 1. The van der Waals surface area contributed by atoms with Crippen molar-refractivity contribution in [2.75, 3.05) is 6.61 Å². The van der Waals surface area contributed by atoms with Crippen LogP contribution < -0.4 is 10.2 Å². The highest BCUT2D eigenvalue weighted by molar-refractivity contribution is 9.10. The second-order valence-electron chi connectivity index (χ2n) is 4.95. The molecule has 0 aliphatic carbocycles. The van der Waals surface area contributed by atoms with E-state index >= 15 is 0 Å². The Balaban J connectivity index is 1.86. The summed E-state index contributed by atoms with van der Waals surface area (Å²) in [7, 11) is 0. The van der Waals surface area contributed by atoms with Crippen molar-refractivity contribution in [1.29, 1.82) is 0 Å². The van der Waals surface area contributed by atoms with Gasteiger partial charge in [-0.15, -0.1) is 0 Å². The molecule has 1 N–H and O–H groups in total. The molecule has 1 amide bonds. The maximum Gasteiger partial charge on any atom is 0.277 e. The zero-order valence-electron chi connectivity index (χ0n) is 12.8. The first-order valence-corrected chi connectivity index (χ1v) is 7.72. The van der Waals surface area contributed by atoms with Crippen LogP contribution in [0.15, 0.2) is 46.0 Å². The van der Waals surface area contributed by atoms with Crippen LogP contribution in [-0.2, 0) is 4.79 Å². The number of amides is 1. The van der Waals surface area contributed by atoms with Gasteiger partial charge in [-0.3, -0.25) is 4.79 Å². The molecule has 0 saturated heterocycles. The van der Waals surface area contributed by atoms with E-state index in [0.717, 1.165) is 11.1 Å². The number of nitrogens with zero attached hydrogens (tertiary/aromatic N) is 1. The third-order valence-corrected chi connectivity index (χ3v) is 3.87. The Hall–Kier alpha value is -2.21. The van der Waals surface area contributed by atoms with Crippen LogP contribution >= 0.6 is 15.9 Å². The Morgan fingerprint density at radius 1 is 1.35 bits per heavy atom. The Morgan fingerprint density at radius 2 is 2.13 bits per heavy atom. The number of ether oxygens (including phenoxy) is 1. The summed E-state index contributed by atoms with van der Waals surface area (Å²) < 4.78 is 18.9. The Kier molecular flexibility index (Phi) is 5.87. The highest BCUT2D eigenvalue weighted by Crippen LogP contribution is 2.20. The van der Waals surface area contributed by atoms with E-state index in [1.165, 1.54) is 12.3 Å². The number of hydrogen-bond donors (Lipinski definition) is 1. The number of hydrazone groups is 1. The Morgan fingerprint density at radius 3 is 2.87 bits per heavy atom. The molecule has 6 heteroatoms. The van der Waals surface area contributed by atoms with Gasteiger partial charge in [0.25, 0.3) is 5.91 Å². The van der Waals surface area contributed by atoms with Gasteiger partial charge < -0.3 is 4.74 Å². The molecule has 0 aromatic heterocycles. The van der Waals surface area contributed by atoms with Crippen molar-refractivity contribution in [3.8, 4) is 5.75 Å². The van der Waals surface area contributed by atoms with E-state index in [4.69, 9.17) is 4.74 Å². The number of hydrogen-bond acceptors (Lipinski definition) is 3. The first kappa shape index (κ1) is 17.1. The fraction of sp³-hybridized carbons (Fsp3) is 0.176. The van der Waals surface area contributed by atoms with Gasteiger partial charge in [-0.1, -0.05) is 18.2 Å². The first-order chi connectivity index (χ1) is 11.0. The normalized spacial score (nSPS) is 10.8. The summed E-state index contributed by atoms with van der Waals surface area (Å²) in [6.45, 7) is 3.79. The summed E-state index contributed by atoms with van der Waals surface area (Å²) in [5.74, 6) is -0.0527. The molecule has 4 nitrogen and oxygen atoms in total. The monoisotopic (exact) mass is 378 g/mol. The third kappa shape index (κ3) is 4.89. The summed E-state index contributed by atoms with van der Waals surface area (Å²) in [5, 5.41) is 3.82. The summed E-state index contributed by atoms with van der Waals surface area (Å²) in [4.78, 5) is 11.7. The average Bonchev–Trinajstić information content (AvgIpc) is 2.52. The number of nitrogens with one attached hydrogen (secondary N) is 1. The van der Waals surface area contributed by atoms with Crippen LogP contribution in [0.4, 0.5) is 4.39 Å². The molecule has 0 spiro atoms. The minimum atomic E-state index is -0.372. The summed E-state index contributed by atoms with van der Waals surface area (Å²) in [6, 6.07) is 10.1. The van der Waals surface area contributed by atoms with Crippen LogP contribution in [0.5, 0.6) is 5.75 Å². The lowest BCUT2D eigenvalue weighted by molar-refractivity contribution is -0.123. The fourth-order valence-corrected chi connectivity index (χ4v) is 2.22. The summed E-state index contributed by atoms with van der Waals surface area (Å²) in [6.07, 6.45) is 1.43. The minimum Gasteiger partial charge on any atom is -0.483 e. The molecule has 0 atom stereocenters. The van der Waals surface area contributed by atoms with Crippen LogP contribution in [0, 0.1) is 19.7 Å². The zero-order valence-corrected chi connectivity index (χ0v) is 14.4. The van der Waals surface area contributed by atoms with Crippen LogP contribution in [0.3, 0.4) is 0 Å². The summed E-state index contributed by atoms with van der Waals surface area (Å²) >= 11 is 3.09. The maximum absolute atomic E-state index is 13.1. The maximum atomic E-state index is 13.1. The van der Waals surface area contributed by atoms with Gasteiger partial charge >= 0.3 is 0 Å². The lowest BCUT2D eigenvalue weighted by Gasteiger charge is -2.09. The molecule has 0 saturated carbocycles. The number of benzene rings is 2. The van der Waals surface area contributed by atoms with Crippen LogP contribution in [0.25, 0.3) is 0 Å². The average molecular weight is 379 g/mol. The van der Waals surface area contributed by atoms with Gasteiger partial charge in [0.2, 0.25) is 0 Å². The molecule has 23 heavy (non-hydrogen) atoms. The molecule has 120 valence electrons. The molecule has 0 aliphatic heterocycles. The highest BCUT2D eigenvalue weighted by atomic mass is 79.9. The largest absolute Gasteiger partial charge is 0.483 e. The molecule has 0 fully saturated rings. The molecule has 2 aromatic rings. The highest BCUT2D eigenvalue weighted by Gasteiger charge is 2.05. The van der Waals surface area contributed by atoms with Crippen LogP contribution in [-0.4, -0.2) is 18.7 Å². The van der Waals surface area contributed by atoms with Gasteiger partial charge in [-0.2, -0.15) is 5.10 Å². The lowest BCUT2D eigenvalue weighted by atomic mass is 10.1. The molecule has 0 unspecified atom stereocenters. The number of carbonyl (C=O) groups is 1. The van der Waals surface area contributed by atoms with Crippen molar-refractivity contribution >= 4 is 28.1 Å². The molecule has 2 rings (SSSR count). The standard InChI is InChI=1S/C17H16BrFN2O2/c1-11-4-3-5-16(12(11)2)23-10-17(22)21-20-9-13-6-7-15(19)14(18)8-13/h3-9H,10H2,1-2H3,(H,21,22)/b20-9+. The van der Waals surface area contributed by atoms with Gasteiger partial charge in [-0.25, -0.2) is 9.82 Å². The predicted octanol–water partition coefficient (Wildman–Crippen LogP) is 3.73. The van der Waals surface area contributed by atoms with Gasteiger partial charge in [0, 0.05) is 0 Å². The number of aryl methyl sites for hydroxylation is 1. The van der Waals surface area contributed by atoms with Gasteiger partial charge in [0.05, 0.1) is 10.7 Å². The second kappa shape index (κ2) is 7.87. The second-order valence-corrected chi connectivity index (χ2v) is 5.81. The van der Waals surface area contributed by atoms with Crippen LogP contribution in [0.2, 0.25) is 0 Å². The van der Waals surface area contributed by atoms with E-state index in [1.54, 1.807) is 12.1 Å². The topological polar surface area (TPSA) is 50.7 Å². The fourth-order valence-electron chi connectivity index (χ4n) is 1.83. The molecular formula is C17H16BrFN2O2. The Labute approximate surface area is 142 Å². The molecule has 0 bridgehead atoms. The zero-order chi connectivity index (χ0) is 16.8. The number of halogens is 2. The molecule has 2 aromatic carbocycles. The van der Waals surface area contributed by atoms with Crippen molar-refractivity contribution in [2.24, 2.45) is 5.10 Å². The van der Waals surface area contributed by atoms with E-state index in [-0.39, 0.29) is 18.3 Å². The van der Waals surface area contributed by atoms with E-state index in [1.807, 2.05) is 32.0 Å². The van der Waals surface area contributed by atoms with Gasteiger partial charge in [0.15, 0.2) is 6.61 Å². The summed E-state index contributed by atoms with van der Waals surface area (Å²) in [5.41, 5.74) is 5.13. The Bertz CT molecular complexity index is 747. The lowest BCUT2D eigenvalue weighted by Crippen LogP contribution is -2.24.